The molecular weight excluding hydrogens is 160 g/mol. The Hall–Kier alpha value is -0.650. The summed E-state index contributed by atoms with van der Waals surface area (Å²) >= 11 is 0. The molecule has 0 amide bonds. The number of nitrogens with two attached hydrogens (primary N) is 1. The van der Waals surface area contributed by atoms with Gasteiger partial charge in [-0.2, -0.15) is 0 Å². The van der Waals surface area contributed by atoms with Gasteiger partial charge >= 0.3 is 5.97 Å². The summed E-state index contributed by atoms with van der Waals surface area (Å²) in [5.74, 6) is -0.968. The molecule has 0 aromatic rings. The van der Waals surface area contributed by atoms with Crippen LogP contribution in [0.3, 0.4) is 0 Å². The van der Waals surface area contributed by atoms with Crippen LogP contribution in [0.2, 0.25) is 0 Å². The minimum atomic E-state index is -0.968. The van der Waals surface area contributed by atoms with Crippen molar-refractivity contribution in [2.24, 2.45) is 5.73 Å². The molecule has 0 heterocycles. The second-order valence-electron chi connectivity index (χ2n) is 2.48. The number of rotatable bonds is 4. The second kappa shape index (κ2) is 10.3. The lowest BCUT2D eigenvalue weighted by molar-refractivity contribution is -0.135. The van der Waals surface area contributed by atoms with E-state index in [9.17, 15) is 4.79 Å². The Morgan fingerprint density at radius 1 is 1.50 bits per heavy atom. The highest BCUT2D eigenvalue weighted by molar-refractivity contribution is 5.68. The number of carboxylic acids is 1. The number of aliphatic carboxylic acids is 1. The van der Waals surface area contributed by atoms with E-state index in [4.69, 9.17) is 10.2 Å². The molecule has 74 valence electrons. The molecule has 4 N–H and O–H groups in total. The van der Waals surface area contributed by atoms with Crippen molar-refractivity contribution >= 4 is 5.97 Å². The van der Waals surface area contributed by atoms with Crippen molar-refractivity contribution in [2.75, 3.05) is 33.8 Å². The molecule has 0 spiro atoms. The predicted molar refractivity (Wildman–Crippen MR) is 46.9 cm³/mol. The molecule has 0 rings (SSSR count). The molecule has 0 fully saturated rings. The zero-order chi connectivity index (χ0) is 9.98. The van der Waals surface area contributed by atoms with E-state index in [1.165, 1.54) is 0 Å². The molecular formula is C7H18N2O3. The van der Waals surface area contributed by atoms with Crippen molar-refractivity contribution in [3.8, 4) is 0 Å². The predicted octanol–water partition coefficient (Wildman–Crippen LogP) is -1.04. The Morgan fingerprint density at radius 2 is 1.92 bits per heavy atom. The smallest absolute Gasteiger partial charge is 0.317 e. The van der Waals surface area contributed by atoms with E-state index in [1.807, 2.05) is 14.1 Å². The highest BCUT2D eigenvalue weighted by Crippen LogP contribution is 1.77. The van der Waals surface area contributed by atoms with Crippen LogP contribution < -0.4 is 5.73 Å². The SMILES string of the molecule is CN(C)CCCO.NCC(=O)O. The Morgan fingerprint density at radius 3 is 2.00 bits per heavy atom. The van der Waals surface area contributed by atoms with Crippen molar-refractivity contribution in [3.05, 3.63) is 0 Å². The van der Waals surface area contributed by atoms with E-state index in [2.05, 4.69) is 10.6 Å². The summed E-state index contributed by atoms with van der Waals surface area (Å²) in [5.41, 5.74) is 4.57. The van der Waals surface area contributed by atoms with Gasteiger partial charge < -0.3 is 20.8 Å². The van der Waals surface area contributed by atoms with E-state index in [0.717, 1.165) is 13.0 Å². The summed E-state index contributed by atoms with van der Waals surface area (Å²) < 4.78 is 0. The number of hydrogen-bond donors (Lipinski definition) is 3. The first-order chi connectivity index (χ1) is 5.54. The minimum Gasteiger partial charge on any atom is -0.480 e. The van der Waals surface area contributed by atoms with Gasteiger partial charge in [-0.1, -0.05) is 0 Å². The molecule has 5 heteroatoms. The van der Waals surface area contributed by atoms with Crippen LogP contribution in [-0.2, 0) is 4.79 Å². The lowest BCUT2D eigenvalue weighted by Crippen LogP contribution is -2.13. The van der Waals surface area contributed by atoms with Gasteiger partial charge in [0.25, 0.3) is 0 Å². The summed E-state index contributed by atoms with van der Waals surface area (Å²) in [6.45, 7) is 1.01. The van der Waals surface area contributed by atoms with Crippen LogP contribution in [0.1, 0.15) is 6.42 Å². The van der Waals surface area contributed by atoms with Gasteiger partial charge in [0.05, 0.1) is 6.54 Å². The summed E-state index contributed by atoms with van der Waals surface area (Å²) in [5, 5.41) is 15.9. The number of hydrogen-bond acceptors (Lipinski definition) is 4. The van der Waals surface area contributed by atoms with E-state index in [-0.39, 0.29) is 6.54 Å². The summed E-state index contributed by atoms with van der Waals surface area (Å²) in [6, 6.07) is 0. The normalized spacial score (nSPS) is 9.08. The quantitative estimate of drug-likeness (QED) is 0.512. The van der Waals surface area contributed by atoms with Crippen molar-refractivity contribution in [3.63, 3.8) is 0 Å². The number of aliphatic hydroxyl groups is 1. The third-order valence-corrected chi connectivity index (χ3v) is 0.938. The lowest BCUT2D eigenvalue weighted by atomic mass is 10.4. The van der Waals surface area contributed by atoms with E-state index in [1.54, 1.807) is 0 Å². The average molecular weight is 178 g/mol. The highest BCUT2D eigenvalue weighted by Gasteiger charge is 1.84. The van der Waals surface area contributed by atoms with Crippen molar-refractivity contribution in [1.29, 1.82) is 0 Å². The topological polar surface area (TPSA) is 86.8 Å². The fourth-order valence-electron chi connectivity index (χ4n) is 0.387. The standard InChI is InChI=1S/C5H13NO.C2H5NO2/c1-6(2)4-3-5-7;3-1-2(4)5/h7H,3-5H2,1-2H3;1,3H2,(H,4,5). The Bertz CT molecular complexity index is 107. The molecule has 0 radical (unpaired) electrons. The van der Waals surface area contributed by atoms with Crippen molar-refractivity contribution < 1.29 is 15.0 Å². The van der Waals surface area contributed by atoms with Gasteiger partial charge in [-0.15, -0.1) is 0 Å². The molecule has 0 bridgehead atoms. The van der Waals surface area contributed by atoms with E-state index < -0.39 is 5.97 Å². The maximum Gasteiger partial charge on any atom is 0.317 e. The van der Waals surface area contributed by atoms with Gasteiger partial charge in [0.2, 0.25) is 0 Å². The van der Waals surface area contributed by atoms with Crippen LogP contribution in [-0.4, -0.2) is 54.9 Å². The van der Waals surface area contributed by atoms with Crippen LogP contribution in [0.25, 0.3) is 0 Å². The maximum atomic E-state index is 9.24. The first kappa shape index (κ1) is 13.9. The minimum absolute atomic E-state index is 0.278. The van der Waals surface area contributed by atoms with Crippen LogP contribution in [0.4, 0.5) is 0 Å². The van der Waals surface area contributed by atoms with E-state index >= 15 is 0 Å². The fraction of sp³-hybridized carbons (Fsp3) is 0.857. The number of carboxylic acid groups (broad SMARTS) is 1. The molecule has 0 aromatic carbocycles. The lowest BCUT2D eigenvalue weighted by Gasteiger charge is -2.05. The van der Waals surface area contributed by atoms with Gasteiger partial charge in [0.15, 0.2) is 0 Å². The summed E-state index contributed by atoms with van der Waals surface area (Å²) in [6.07, 6.45) is 0.882. The molecule has 0 saturated heterocycles. The zero-order valence-corrected chi connectivity index (χ0v) is 7.66. The average Bonchev–Trinajstić information content (AvgIpc) is 2.02. The number of aliphatic hydroxyl groups excluding tert-OH is 1. The Kier molecular flexibility index (Phi) is 12.0. The van der Waals surface area contributed by atoms with Crippen molar-refractivity contribution in [2.45, 2.75) is 6.42 Å². The molecule has 0 aliphatic heterocycles. The molecule has 12 heavy (non-hydrogen) atoms. The second-order valence-corrected chi connectivity index (χ2v) is 2.48. The number of carbonyl (C=O) groups is 1. The number of nitrogens with zero attached hydrogens (tertiary/aromatic N) is 1. The van der Waals surface area contributed by atoms with E-state index in [0.29, 0.717) is 6.61 Å². The first-order valence-corrected chi connectivity index (χ1v) is 3.72. The Balaban J connectivity index is 0. The van der Waals surface area contributed by atoms with Gasteiger partial charge in [-0.25, -0.2) is 0 Å². The van der Waals surface area contributed by atoms with Gasteiger partial charge in [0, 0.05) is 6.61 Å². The largest absolute Gasteiger partial charge is 0.480 e. The zero-order valence-electron chi connectivity index (χ0n) is 7.66. The van der Waals surface area contributed by atoms with Gasteiger partial charge in [0.1, 0.15) is 0 Å². The Labute approximate surface area is 72.8 Å². The van der Waals surface area contributed by atoms with Crippen LogP contribution in [0.5, 0.6) is 0 Å². The third kappa shape index (κ3) is 22.8. The molecule has 0 atom stereocenters. The van der Waals surface area contributed by atoms with Crippen molar-refractivity contribution in [1.82, 2.24) is 4.90 Å². The van der Waals surface area contributed by atoms with Crippen LogP contribution in [0.15, 0.2) is 0 Å². The maximum absolute atomic E-state index is 9.24. The fourth-order valence-corrected chi connectivity index (χ4v) is 0.387. The molecule has 0 aromatic heterocycles. The summed E-state index contributed by atoms with van der Waals surface area (Å²) in [4.78, 5) is 11.3. The first-order valence-electron chi connectivity index (χ1n) is 3.72. The molecule has 0 unspecified atom stereocenters. The summed E-state index contributed by atoms with van der Waals surface area (Å²) in [7, 11) is 3.99. The monoisotopic (exact) mass is 178 g/mol. The molecule has 5 nitrogen and oxygen atoms in total. The van der Waals surface area contributed by atoms with Crippen LogP contribution in [0, 0.1) is 0 Å². The molecule has 0 aliphatic rings. The van der Waals surface area contributed by atoms with Crippen LogP contribution >= 0.6 is 0 Å². The molecule has 0 saturated carbocycles. The van der Waals surface area contributed by atoms with Gasteiger partial charge in [-0.05, 0) is 27.1 Å². The third-order valence-electron chi connectivity index (χ3n) is 0.938. The van der Waals surface area contributed by atoms with Gasteiger partial charge in [-0.3, -0.25) is 4.79 Å². The highest BCUT2D eigenvalue weighted by atomic mass is 16.4. The molecule has 0 aliphatic carbocycles.